The monoisotopic (exact) mass is 270 g/mol. The number of aryl methyl sites for hydroxylation is 2. The van der Waals surface area contributed by atoms with Crippen LogP contribution >= 0.6 is 11.3 Å². The molecule has 1 unspecified atom stereocenters. The number of nitrogens with zero attached hydrogens (tertiary/aromatic N) is 1. The van der Waals surface area contributed by atoms with Crippen molar-refractivity contribution < 1.29 is 4.74 Å². The van der Waals surface area contributed by atoms with Crippen molar-refractivity contribution in [1.82, 2.24) is 10.7 Å². The predicted octanol–water partition coefficient (Wildman–Crippen LogP) is 1.31. The fourth-order valence-electron chi connectivity index (χ4n) is 1.54. The second kappa shape index (κ2) is 7.35. The van der Waals surface area contributed by atoms with Gasteiger partial charge in [-0.3, -0.25) is 5.43 Å². The summed E-state index contributed by atoms with van der Waals surface area (Å²) in [6.45, 7) is 7.48. The number of rotatable bonds is 5. The lowest BCUT2D eigenvalue weighted by Crippen LogP contribution is -2.46. The third-order valence-corrected chi connectivity index (χ3v) is 3.68. The molecule has 0 aliphatic carbocycles. The van der Waals surface area contributed by atoms with Crippen molar-refractivity contribution in [1.29, 1.82) is 0 Å². The first-order valence-corrected chi connectivity index (χ1v) is 6.71. The van der Waals surface area contributed by atoms with Gasteiger partial charge in [-0.15, -0.1) is 11.3 Å². The maximum absolute atomic E-state index is 5.44. The third-order valence-electron chi connectivity index (χ3n) is 2.55. The zero-order valence-electron chi connectivity index (χ0n) is 11.4. The lowest BCUT2D eigenvalue weighted by atomic mass is 10.3. The molecule has 0 saturated carbocycles. The molecule has 1 aromatic heterocycles. The average Bonchev–Trinajstić information content (AvgIpc) is 2.64. The van der Waals surface area contributed by atoms with E-state index in [1.165, 1.54) is 15.3 Å². The highest BCUT2D eigenvalue weighted by Gasteiger charge is 2.05. The average molecular weight is 270 g/mol. The van der Waals surface area contributed by atoms with Crippen LogP contribution < -0.4 is 16.6 Å². The molecule has 5 nitrogen and oxygen atoms in total. The molecule has 1 aromatic rings. The summed E-state index contributed by atoms with van der Waals surface area (Å²) < 4.78 is 5.05. The summed E-state index contributed by atoms with van der Waals surface area (Å²) >= 11 is 1.77. The van der Waals surface area contributed by atoms with Gasteiger partial charge in [-0.2, -0.15) is 0 Å². The minimum atomic E-state index is 0.164. The number of hydrogen-bond acceptors (Lipinski definition) is 4. The lowest BCUT2D eigenvalue weighted by Gasteiger charge is -2.15. The Morgan fingerprint density at radius 1 is 1.56 bits per heavy atom. The van der Waals surface area contributed by atoms with E-state index in [2.05, 4.69) is 35.6 Å². The first-order valence-electron chi connectivity index (χ1n) is 5.89. The normalized spacial score (nSPS) is 13.5. The zero-order chi connectivity index (χ0) is 13.5. The highest BCUT2D eigenvalue weighted by atomic mass is 32.1. The molecular formula is C12H22N4OS. The van der Waals surface area contributed by atoms with Gasteiger partial charge in [0.15, 0.2) is 0 Å². The van der Waals surface area contributed by atoms with E-state index in [4.69, 9.17) is 10.6 Å². The molecule has 0 saturated heterocycles. The van der Waals surface area contributed by atoms with Crippen LogP contribution in [0.5, 0.6) is 0 Å². The van der Waals surface area contributed by atoms with Gasteiger partial charge in [0.05, 0.1) is 13.2 Å². The van der Waals surface area contributed by atoms with Crippen LogP contribution in [-0.4, -0.2) is 25.7 Å². The van der Waals surface area contributed by atoms with Crippen LogP contribution in [-0.2, 0) is 11.3 Å². The Hall–Kier alpha value is -1.11. The number of aliphatic imine (C=N–C) groups is 1. The van der Waals surface area contributed by atoms with Crippen molar-refractivity contribution in [3.63, 3.8) is 0 Å². The van der Waals surface area contributed by atoms with Crippen LogP contribution in [0, 0.1) is 13.8 Å². The van der Waals surface area contributed by atoms with Crippen LogP contribution in [0.25, 0.3) is 0 Å². The second-order valence-electron chi connectivity index (χ2n) is 4.26. The standard InChI is InChI=1S/C12H22N4OS/c1-8-5-11(18-10(8)3)6-14-12(16-13)15-9(2)7-17-4/h5,9H,6-7,13H2,1-4H3,(H2,14,15,16). The maximum Gasteiger partial charge on any atom is 0.206 e. The van der Waals surface area contributed by atoms with Gasteiger partial charge in [-0.25, -0.2) is 10.8 Å². The van der Waals surface area contributed by atoms with E-state index >= 15 is 0 Å². The quantitative estimate of drug-likeness (QED) is 0.326. The number of hydrazine groups is 1. The van der Waals surface area contributed by atoms with Crippen molar-refractivity contribution in [2.75, 3.05) is 13.7 Å². The molecule has 0 spiro atoms. The van der Waals surface area contributed by atoms with Crippen molar-refractivity contribution >= 4 is 17.3 Å². The van der Waals surface area contributed by atoms with E-state index in [1.54, 1.807) is 18.4 Å². The molecule has 0 aliphatic heterocycles. The number of hydrogen-bond donors (Lipinski definition) is 3. The summed E-state index contributed by atoms with van der Waals surface area (Å²) in [6.07, 6.45) is 0. The molecule has 0 amide bonds. The first kappa shape index (κ1) is 14.9. The number of guanidine groups is 1. The Kier molecular flexibility index (Phi) is 6.11. The van der Waals surface area contributed by atoms with Crippen LogP contribution in [0.3, 0.4) is 0 Å². The summed E-state index contributed by atoms with van der Waals surface area (Å²) in [4.78, 5) is 6.98. The molecule has 0 bridgehead atoms. The molecule has 6 heteroatoms. The highest BCUT2D eigenvalue weighted by molar-refractivity contribution is 7.12. The largest absolute Gasteiger partial charge is 0.383 e. The molecule has 1 atom stereocenters. The predicted molar refractivity (Wildman–Crippen MR) is 76.7 cm³/mol. The third kappa shape index (κ3) is 4.64. The van der Waals surface area contributed by atoms with Gasteiger partial charge < -0.3 is 10.1 Å². The van der Waals surface area contributed by atoms with E-state index in [0.29, 0.717) is 19.1 Å². The number of methoxy groups -OCH3 is 1. The van der Waals surface area contributed by atoms with Gasteiger partial charge in [-0.1, -0.05) is 0 Å². The first-order chi connectivity index (χ1) is 8.56. The fraction of sp³-hybridized carbons (Fsp3) is 0.583. The van der Waals surface area contributed by atoms with Gasteiger partial charge in [0.2, 0.25) is 5.96 Å². The van der Waals surface area contributed by atoms with Crippen LogP contribution in [0.1, 0.15) is 22.2 Å². The van der Waals surface area contributed by atoms with Gasteiger partial charge in [-0.05, 0) is 32.4 Å². The van der Waals surface area contributed by atoms with Crippen LogP contribution in [0.15, 0.2) is 11.1 Å². The Morgan fingerprint density at radius 2 is 2.28 bits per heavy atom. The van der Waals surface area contributed by atoms with Crippen LogP contribution in [0.4, 0.5) is 0 Å². The smallest absolute Gasteiger partial charge is 0.206 e. The summed E-state index contributed by atoms with van der Waals surface area (Å²) in [5.74, 6) is 6.02. The summed E-state index contributed by atoms with van der Waals surface area (Å²) in [6, 6.07) is 2.33. The van der Waals surface area contributed by atoms with Crippen molar-refractivity contribution in [2.45, 2.75) is 33.4 Å². The molecule has 18 heavy (non-hydrogen) atoms. The molecule has 0 aliphatic rings. The molecule has 102 valence electrons. The topological polar surface area (TPSA) is 71.7 Å². The van der Waals surface area contributed by atoms with Gasteiger partial charge >= 0.3 is 0 Å². The molecule has 4 N–H and O–H groups in total. The van der Waals surface area contributed by atoms with Crippen molar-refractivity contribution in [3.05, 3.63) is 21.4 Å². The minimum Gasteiger partial charge on any atom is -0.383 e. The number of nitrogens with two attached hydrogens (primary N) is 1. The highest BCUT2D eigenvalue weighted by Crippen LogP contribution is 2.21. The Labute approximate surface area is 112 Å². The Morgan fingerprint density at radius 3 is 2.78 bits per heavy atom. The second-order valence-corrected chi connectivity index (χ2v) is 5.60. The molecule has 0 radical (unpaired) electrons. The van der Waals surface area contributed by atoms with E-state index < -0.39 is 0 Å². The molecule has 1 rings (SSSR count). The van der Waals surface area contributed by atoms with E-state index in [0.717, 1.165) is 0 Å². The van der Waals surface area contributed by atoms with Crippen molar-refractivity contribution in [2.24, 2.45) is 10.8 Å². The zero-order valence-corrected chi connectivity index (χ0v) is 12.2. The Balaban J connectivity index is 2.56. The Bertz CT molecular complexity index is 383. The van der Waals surface area contributed by atoms with Crippen molar-refractivity contribution in [3.8, 4) is 0 Å². The molecule has 0 fully saturated rings. The van der Waals surface area contributed by atoms with Crippen LogP contribution in [0.2, 0.25) is 0 Å². The van der Waals surface area contributed by atoms with E-state index in [1.807, 2.05) is 6.92 Å². The molecule has 0 aromatic carbocycles. The van der Waals surface area contributed by atoms with Gasteiger partial charge in [0.25, 0.3) is 0 Å². The lowest BCUT2D eigenvalue weighted by molar-refractivity contribution is 0.179. The summed E-state index contributed by atoms with van der Waals surface area (Å²) in [7, 11) is 1.67. The minimum absolute atomic E-state index is 0.164. The van der Waals surface area contributed by atoms with E-state index in [-0.39, 0.29) is 6.04 Å². The fourth-order valence-corrected chi connectivity index (χ4v) is 2.52. The summed E-state index contributed by atoms with van der Waals surface area (Å²) in [5.41, 5.74) is 3.88. The van der Waals surface area contributed by atoms with Gasteiger partial charge in [0, 0.05) is 22.9 Å². The number of thiophene rings is 1. The summed E-state index contributed by atoms with van der Waals surface area (Å²) in [5, 5.41) is 3.15. The maximum atomic E-state index is 5.44. The number of ether oxygens (including phenoxy) is 1. The number of nitrogens with one attached hydrogen (secondary N) is 2. The van der Waals surface area contributed by atoms with Gasteiger partial charge in [0.1, 0.15) is 0 Å². The SMILES string of the molecule is COCC(C)NC(=NCc1cc(C)c(C)s1)NN. The molecular weight excluding hydrogens is 248 g/mol. The molecule has 1 heterocycles. The van der Waals surface area contributed by atoms with E-state index in [9.17, 15) is 0 Å².